The SMILES string of the molecule is Cc1cccc(O)c1N1OC(CN=[N+]=[N-])CC1(CCO)CC(C)C. The molecule has 1 saturated heterocycles. The molecule has 1 heterocycles. The lowest BCUT2D eigenvalue weighted by molar-refractivity contribution is 0.0709. The fraction of sp³-hybridized carbons (Fsp3) is 0.647. The predicted octanol–water partition coefficient (Wildman–Crippen LogP) is 3.69. The Bertz CT molecular complexity index is 596. The number of aryl methyl sites for hydroxylation is 1. The number of hydrogen-bond acceptors (Lipinski definition) is 5. The molecule has 2 unspecified atom stereocenters. The Kier molecular flexibility index (Phi) is 5.94. The van der Waals surface area contributed by atoms with Gasteiger partial charge in [-0.15, -0.1) is 0 Å². The Morgan fingerprint density at radius 2 is 2.25 bits per heavy atom. The maximum Gasteiger partial charge on any atom is 0.141 e. The zero-order chi connectivity index (χ0) is 17.7. The topological polar surface area (TPSA) is 102 Å². The molecule has 24 heavy (non-hydrogen) atoms. The van der Waals surface area contributed by atoms with Crippen molar-refractivity contribution < 1.29 is 15.1 Å². The fourth-order valence-corrected chi connectivity index (χ4v) is 3.67. The number of aliphatic hydroxyl groups excluding tert-OH is 1. The van der Waals surface area contributed by atoms with Gasteiger partial charge in [0.1, 0.15) is 11.4 Å². The second-order valence-electron chi connectivity index (χ2n) is 6.88. The maximum atomic E-state index is 10.4. The van der Waals surface area contributed by atoms with Crippen LogP contribution >= 0.6 is 0 Å². The molecule has 132 valence electrons. The highest BCUT2D eigenvalue weighted by molar-refractivity contribution is 5.63. The molecule has 0 aromatic heterocycles. The number of phenols is 1. The largest absolute Gasteiger partial charge is 0.506 e. The minimum absolute atomic E-state index is 0.0213. The number of para-hydroxylation sites is 1. The third-order valence-corrected chi connectivity index (χ3v) is 4.43. The number of benzene rings is 1. The van der Waals surface area contributed by atoms with Crippen LogP contribution in [0.5, 0.6) is 5.75 Å². The second kappa shape index (κ2) is 7.75. The average molecular weight is 334 g/mol. The lowest BCUT2D eigenvalue weighted by Crippen LogP contribution is -2.45. The predicted molar refractivity (Wildman–Crippen MR) is 92.7 cm³/mol. The van der Waals surface area contributed by atoms with E-state index in [4.69, 9.17) is 10.4 Å². The fourth-order valence-electron chi connectivity index (χ4n) is 3.67. The molecular formula is C17H26N4O3. The molecule has 0 aliphatic carbocycles. The molecule has 2 N–H and O–H groups in total. The van der Waals surface area contributed by atoms with Gasteiger partial charge in [-0.1, -0.05) is 31.1 Å². The summed E-state index contributed by atoms with van der Waals surface area (Å²) in [6.07, 6.45) is 1.68. The van der Waals surface area contributed by atoms with Crippen molar-refractivity contribution in [2.45, 2.75) is 51.7 Å². The molecule has 1 aromatic carbocycles. The molecule has 2 atom stereocenters. The number of azide groups is 1. The summed E-state index contributed by atoms with van der Waals surface area (Å²) in [5.41, 5.74) is 9.66. The van der Waals surface area contributed by atoms with Gasteiger partial charge in [0.2, 0.25) is 0 Å². The first-order chi connectivity index (χ1) is 11.4. The molecule has 0 bridgehead atoms. The Balaban J connectivity index is 2.47. The number of hydroxylamine groups is 1. The van der Waals surface area contributed by atoms with Crippen LogP contribution in [0.25, 0.3) is 10.4 Å². The van der Waals surface area contributed by atoms with E-state index in [-0.39, 0.29) is 25.0 Å². The summed E-state index contributed by atoms with van der Waals surface area (Å²) in [4.78, 5) is 8.89. The molecule has 1 aromatic rings. The van der Waals surface area contributed by atoms with Gasteiger partial charge in [0, 0.05) is 17.9 Å². The lowest BCUT2D eigenvalue weighted by atomic mass is 9.81. The van der Waals surface area contributed by atoms with Crippen molar-refractivity contribution in [1.82, 2.24) is 0 Å². The summed E-state index contributed by atoms with van der Waals surface area (Å²) in [5, 5.41) is 25.4. The summed E-state index contributed by atoms with van der Waals surface area (Å²) in [6.45, 7) is 6.40. The van der Waals surface area contributed by atoms with Crippen molar-refractivity contribution in [3.8, 4) is 5.75 Å². The van der Waals surface area contributed by atoms with Gasteiger partial charge < -0.3 is 10.2 Å². The summed E-state index contributed by atoms with van der Waals surface area (Å²) in [6, 6.07) is 5.33. The van der Waals surface area contributed by atoms with Crippen LogP contribution in [-0.2, 0) is 4.84 Å². The number of anilines is 1. The first-order valence-corrected chi connectivity index (χ1v) is 8.31. The van der Waals surface area contributed by atoms with Gasteiger partial charge in [0.15, 0.2) is 0 Å². The Labute approximate surface area is 142 Å². The quantitative estimate of drug-likeness (QED) is 0.451. The molecule has 0 spiro atoms. The van der Waals surface area contributed by atoms with Gasteiger partial charge in [-0.2, -0.15) is 0 Å². The van der Waals surface area contributed by atoms with Gasteiger partial charge in [0.05, 0.1) is 18.2 Å². The van der Waals surface area contributed by atoms with Crippen LogP contribution in [0.3, 0.4) is 0 Å². The van der Waals surface area contributed by atoms with E-state index in [0.717, 1.165) is 12.0 Å². The number of aliphatic hydroxyl groups is 1. The normalized spacial score (nSPS) is 23.5. The van der Waals surface area contributed by atoms with Crippen molar-refractivity contribution >= 4 is 5.69 Å². The van der Waals surface area contributed by atoms with Crippen LogP contribution in [0.2, 0.25) is 0 Å². The number of hydrogen-bond donors (Lipinski definition) is 2. The lowest BCUT2D eigenvalue weighted by Gasteiger charge is -2.39. The van der Waals surface area contributed by atoms with Crippen LogP contribution in [0.1, 0.15) is 38.7 Å². The third-order valence-electron chi connectivity index (χ3n) is 4.43. The highest BCUT2D eigenvalue weighted by Gasteiger charge is 2.48. The van der Waals surface area contributed by atoms with Gasteiger partial charge in [-0.3, -0.25) is 4.84 Å². The van der Waals surface area contributed by atoms with Crippen LogP contribution < -0.4 is 5.06 Å². The van der Waals surface area contributed by atoms with E-state index in [1.165, 1.54) is 0 Å². The van der Waals surface area contributed by atoms with E-state index < -0.39 is 5.54 Å². The van der Waals surface area contributed by atoms with Crippen molar-refractivity contribution in [2.75, 3.05) is 18.2 Å². The van der Waals surface area contributed by atoms with Crippen molar-refractivity contribution in [1.29, 1.82) is 0 Å². The molecule has 0 saturated carbocycles. The van der Waals surface area contributed by atoms with Crippen molar-refractivity contribution in [3.05, 3.63) is 34.2 Å². The van der Waals surface area contributed by atoms with E-state index in [2.05, 4.69) is 23.9 Å². The minimum atomic E-state index is -0.442. The van der Waals surface area contributed by atoms with E-state index in [9.17, 15) is 10.2 Å². The number of nitrogens with zero attached hydrogens (tertiary/aromatic N) is 4. The Morgan fingerprint density at radius 1 is 1.50 bits per heavy atom. The van der Waals surface area contributed by atoms with Crippen molar-refractivity contribution in [2.24, 2.45) is 11.0 Å². The first kappa shape index (κ1) is 18.4. The van der Waals surface area contributed by atoms with E-state index >= 15 is 0 Å². The van der Waals surface area contributed by atoms with Crippen LogP contribution in [0.4, 0.5) is 5.69 Å². The summed E-state index contributed by atoms with van der Waals surface area (Å²) >= 11 is 0. The van der Waals surface area contributed by atoms with Gasteiger partial charge in [0.25, 0.3) is 0 Å². The Morgan fingerprint density at radius 3 is 2.83 bits per heavy atom. The summed E-state index contributed by atoms with van der Waals surface area (Å²) in [7, 11) is 0. The van der Waals surface area contributed by atoms with Crippen LogP contribution in [-0.4, -0.2) is 35.0 Å². The number of rotatable bonds is 7. The van der Waals surface area contributed by atoms with Gasteiger partial charge in [-0.25, -0.2) is 5.06 Å². The standard InChI is InChI=1S/C17H26N4O3/c1-12(2)9-17(7-8-22)10-14(11-19-20-18)24-21(17)16-13(3)5-4-6-15(16)23/h4-6,12,14,22-23H,7-11H2,1-3H3. The molecule has 2 rings (SSSR count). The van der Waals surface area contributed by atoms with Gasteiger partial charge in [-0.05, 0) is 42.8 Å². The molecule has 1 aliphatic rings. The molecule has 1 aliphatic heterocycles. The monoisotopic (exact) mass is 334 g/mol. The smallest absolute Gasteiger partial charge is 0.141 e. The molecule has 1 fully saturated rings. The minimum Gasteiger partial charge on any atom is -0.506 e. The maximum absolute atomic E-state index is 10.4. The van der Waals surface area contributed by atoms with E-state index in [1.807, 2.05) is 13.0 Å². The molecule has 7 nitrogen and oxygen atoms in total. The second-order valence-corrected chi connectivity index (χ2v) is 6.88. The summed E-state index contributed by atoms with van der Waals surface area (Å²) in [5.74, 6) is 0.525. The third kappa shape index (κ3) is 3.75. The zero-order valence-corrected chi connectivity index (χ0v) is 14.5. The molecule has 0 radical (unpaired) electrons. The number of phenolic OH excluding ortho intramolecular Hbond substituents is 1. The number of aromatic hydroxyl groups is 1. The van der Waals surface area contributed by atoms with Gasteiger partial charge >= 0.3 is 0 Å². The molecule has 0 amide bonds. The molecular weight excluding hydrogens is 308 g/mol. The highest BCUT2D eigenvalue weighted by atomic mass is 16.7. The van der Waals surface area contributed by atoms with Crippen molar-refractivity contribution in [3.63, 3.8) is 0 Å². The highest BCUT2D eigenvalue weighted by Crippen LogP contribution is 2.46. The van der Waals surface area contributed by atoms with E-state index in [1.54, 1.807) is 17.2 Å². The molecule has 7 heteroatoms. The van der Waals surface area contributed by atoms with E-state index in [0.29, 0.717) is 24.4 Å². The van der Waals surface area contributed by atoms with Crippen LogP contribution in [0, 0.1) is 12.8 Å². The summed E-state index contributed by atoms with van der Waals surface area (Å²) < 4.78 is 0. The first-order valence-electron chi connectivity index (χ1n) is 8.31. The zero-order valence-electron chi connectivity index (χ0n) is 14.5. The Hall–Kier alpha value is -1.95. The van der Waals surface area contributed by atoms with Crippen LogP contribution in [0.15, 0.2) is 23.3 Å². The average Bonchev–Trinajstić information content (AvgIpc) is 2.83.